The maximum absolute atomic E-state index is 8.88. The van der Waals surface area contributed by atoms with Crippen LogP contribution in [0.5, 0.6) is 0 Å². The monoisotopic (exact) mass is 284 g/mol. The van der Waals surface area contributed by atoms with Gasteiger partial charge < -0.3 is 14.7 Å². The zero-order valence-corrected chi connectivity index (χ0v) is 11.1. The Morgan fingerprint density at radius 3 is 1.28 bits per heavy atom. The van der Waals surface area contributed by atoms with E-state index in [1.807, 2.05) is 12.1 Å². The van der Waals surface area contributed by atoms with Gasteiger partial charge in [-0.1, -0.05) is 48.2 Å². The van der Waals surface area contributed by atoms with Crippen LogP contribution in [0.4, 0.5) is 0 Å². The molecule has 0 radical (unpaired) electrons. The lowest BCUT2D eigenvalue weighted by Gasteiger charge is -1.99. The van der Waals surface area contributed by atoms with Gasteiger partial charge in [0.05, 0.1) is 0 Å². The van der Waals surface area contributed by atoms with Crippen LogP contribution < -0.4 is 0 Å². The lowest BCUT2D eigenvalue weighted by atomic mass is 10.4. The fourth-order valence-corrected chi connectivity index (χ4v) is 1.97. The molecule has 2 aromatic carbocycles. The first-order chi connectivity index (χ1) is 8.45. The van der Waals surface area contributed by atoms with E-state index in [-0.39, 0.29) is 0 Å². The minimum Gasteiger partial charge on any atom is -0.303 e. The molecular formula is C12H13O4PS. The van der Waals surface area contributed by atoms with Gasteiger partial charge in [0, 0.05) is 9.79 Å². The lowest BCUT2D eigenvalue weighted by Crippen LogP contribution is -1.70. The maximum atomic E-state index is 8.88. The summed E-state index contributed by atoms with van der Waals surface area (Å²) in [5.41, 5.74) is 0. The summed E-state index contributed by atoms with van der Waals surface area (Å²) in [6, 6.07) is 20.8. The molecule has 0 atom stereocenters. The second-order valence-corrected chi connectivity index (χ2v) is 5.41. The Kier molecular flexibility index (Phi) is 6.12. The van der Waals surface area contributed by atoms with Crippen molar-refractivity contribution < 1.29 is 19.2 Å². The van der Waals surface area contributed by atoms with E-state index in [2.05, 4.69) is 48.5 Å². The van der Waals surface area contributed by atoms with Gasteiger partial charge in [-0.15, -0.1) is 0 Å². The molecule has 0 amide bonds. The molecule has 3 N–H and O–H groups in total. The molecule has 2 rings (SSSR count). The SMILES string of the molecule is O=P(O)(O)O.c1ccc(Sc2ccccc2)cc1. The van der Waals surface area contributed by atoms with Gasteiger partial charge >= 0.3 is 7.82 Å². The molecule has 4 nitrogen and oxygen atoms in total. The highest BCUT2D eigenvalue weighted by Gasteiger charge is 2.00. The summed E-state index contributed by atoms with van der Waals surface area (Å²) in [5.74, 6) is 0. The number of rotatable bonds is 2. The van der Waals surface area contributed by atoms with Gasteiger partial charge in [0.2, 0.25) is 0 Å². The average Bonchev–Trinajstić information content (AvgIpc) is 2.29. The molecule has 2 aromatic rings. The minimum atomic E-state index is -4.64. The van der Waals surface area contributed by atoms with E-state index in [0.717, 1.165) is 0 Å². The van der Waals surface area contributed by atoms with Crippen LogP contribution in [0.1, 0.15) is 0 Å². The van der Waals surface area contributed by atoms with Crippen LogP contribution >= 0.6 is 19.6 Å². The second-order valence-electron chi connectivity index (χ2n) is 3.24. The molecule has 18 heavy (non-hydrogen) atoms. The number of phosphoric acid groups is 1. The number of hydrogen-bond acceptors (Lipinski definition) is 2. The van der Waals surface area contributed by atoms with Crippen molar-refractivity contribution in [2.75, 3.05) is 0 Å². The smallest absolute Gasteiger partial charge is 0.303 e. The van der Waals surface area contributed by atoms with Gasteiger partial charge in [-0.2, -0.15) is 0 Å². The van der Waals surface area contributed by atoms with Crippen LogP contribution in [-0.2, 0) is 4.57 Å². The maximum Gasteiger partial charge on any atom is 0.466 e. The highest BCUT2D eigenvalue weighted by Crippen LogP contribution is 2.26. The van der Waals surface area contributed by atoms with Gasteiger partial charge in [0.25, 0.3) is 0 Å². The van der Waals surface area contributed by atoms with Crippen molar-refractivity contribution in [1.29, 1.82) is 0 Å². The van der Waals surface area contributed by atoms with Gasteiger partial charge in [-0.25, -0.2) is 4.57 Å². The standard InChI is InChI=1S/C12H10S.H3O4P/c1-3-7-11(8-4-1)13-12-9-5-2-6-10-12;1-5(2,3)4/h1-10H;(H3,1,2,3,4). The van der Waals surface area contributed by atoms with Crippen LogP contribution in [-0.4, -0.2) is 14.7 Å². The quantitative estimate of drug-likeness (QED) is 0.739. The minimum absolute atomic E-state index is 1.29. The van der Waals surface area contributed by atoms with Crippen molar-refractivity contribution in [2.24, 2.45) is 0 Å². The molecule has 0 aliphatic heterocycles. The molecule has 96 valence electrons. The Hall–Kier alpha value is -1.10. The molecule has 0 heterocycles. The molecule has 0 fully saturated rings. The largest absolute Gasteiger partial charge is 0.466 e. The third-order valence-electron chi connectivity index (χ3n) is 1.72. The van der Waals surface area contributed by atoms with Gasteiger partial charge in [0.15, 0.2) is 0 Å². The van der Waals surface area contributed by atoms with E-state index < -0.39 is 7.82 Å². The van der Waals surface area contributed by atoms with Crippen LogP contribution in [0.15, 0.2) is 70.5 Å². The van der Waals surface area contributed by atoms with Crippen molar-refractivity contribution in [3.05, 3.63) is 60.7 Å². The molecule has 0 bridgehead atoms. The zero-order chi connectivity index (χ0) is 13.4. The molecule has 0 aliphatic carbocycles. The molecule has 0 aromatic heterocycles. The summed E-state index contributed by atoms with van der Waals surface area (Å²) in [4.78, 5) is 24.1. The predicted octanol–water partition coefficient (Wildman–Crippen LogP) is 2.91. The highest BCUT2D eigenvalue weighted by atomic mass is 32.2. The van der Waals surface area contributed by atoms with Gasteiger partial charge in [-0.3, -0.25) is 0 Å². The van der Waals surface area contributed by atoms with E-state index >= 15 is 0 Å². The van der Waals surface area contributed by atoms with Crippen LogP contribution in [0.25, 0.3) is 0 Å². The highest BCUT2D eigenvalue weighted by molar-refractivity contribution is 7.99. The van der Waals surface area contributed by atoms with Crippen molar-refractivity contribution in [3.63, 3.8) is 0 Å². The Labute approximate surface area is 110 Å². The van der Waals surface area contributed by atoms with E-state index in [1.54, 1.807) is 11.8 Å². The Bertz CT molecular complexity index is 452. The van der Waals surface area contributed by atoms with Crippen molar-refractivity contribution in [3.8, 4) is 0 Å². The zero-order valence-electron chi connectivity index (χ0n) is 9.38. The van der Waals surface area contributed by atoms with Crippen LogP contribution in [0.2, 0.25) is 0 Å². The summed E-state index contributed by atoms with van der Waals surface area (Å²) in [7, 11) is -4.64. The first kappa shape index (κ1) is 15.0. The van der Waals surface area contributed by atoms with Crippen LogP contribution in [0, 0.1) is 0 Å². The van der Waals surface area contributed by atoms with Crippen molar-refractivity contribution >= 4 is 19.6 Å². The number of benzene rings is 2. The van der Waals surface area contributed by atoms with Crippen molar-refractivity contribution in [1.82, 2.24) is 0 Å². The first-order valence-corrected chi connectivity index (χ1v) is 7.39. The molecule has 0 unspecified atom stereocenters. The summed E-state index contributed by atoms with van der Waals surface area (Å²) >= 11 is 1.79. The van der Waals surface area contributed by atoms with E-state index in [1.165, 1.54) is 9.79 Å². The molecular weight excluding hydrogens is 271 g/mol. The fraction of sp³-hybridized carbons (Fsp3) is 0. The van der Waals surface area contributed by atoms with Crippen LogP contribution in [0.3, 0.4) is 0 Å². The summed E-state index contributed by atoms with van der Waals surface area (Å²) in [6.45, 7) is 0. The second kappa shape index (κ2) is 7.36. The normalized spacial score (nSPS) is 10.4. The average molecular weight is 284 g/mol. The lowest BCUT2D eigenvalue weighted by molar-refractivity contribution is 0.275. The molecule has 0 spiro atoms. The Morgan fingerprint density at radius 1 is 0.722 bits per heavy atom. The predicted molar refractivity (Wildman–Crippen MR) is 71.3 cm³/mol. The van der Waals surface area contributed by atoms with E-state index in [9.17, 15) is 0 Å². The summed E-state index contributed by atoms with van der Waals surface area (Å²) in [6.07, 6.45) is 0. The van der Waals surface area contributed by atoms with E-state index in [4.69, 9.17) is 19.2 Å². The van der Waals surface area contributed by atoms with Gasteiger partial charge in [-0.05, 0) is 24.3 Å². The fourth-order valence-electron chi connectivity index (χ4n) is 1.11. The third-order valence-corrected chi connectivity index (χ3v) is 2.74. The summed E-state index contributed by atoms with van der Waals surface area (Å²) in [5, 5.41) is 0. The Morgan fingerprint density at radius 2 is 1.00 bits per heavy atom. The van der Waals surface area contributed by atoms with Crippen molar-refractivity contribution in [2.45, 2.75) is 9.79 Å². The molecule has 6 heteroatoms. The first-order valence-electron chi connectivity index (χ1n) is 5.01. The molecule has 0 saturated heterocycles. The topological polar surface area (TPSA) is 77.8 Å². The Balaban J connectivity index is 0.000000280. The molecule has 0 saturated carbocycles. The third kappa shape index (κ3) is 8.06. The van der Waals surface area contributed by atoms with Gasteiger partial charge in [0.1, 0.15) is 0 Å². The summed E-state index contributed by atoms with van der Waals surface area (Å²) < 4.78 is 8.88. The van der Waals surface area contributed by atoms with E-state index in [0.29, 0.717) is 0 Å². The molecule has 0 aliphatic rings. The number of hydrogen-bond donors (Lipinski definition) is 3.